The van der Waals surface area contributed by atoms with E-state index in [1.54, 1.807) is 0 Å². The van der Waals surface area contributed by atoms with Gasteiger partial charge in [0.2, 0.25) is 0 Å². The van der Waals surface area contributed by atoms with Gasteiger partial charge in [0.15, 0.2) is 0 Å². The number of hydrogen-bond donors (Lipinski definition) is 1. The predicted octanol–water partition coefficient (Wildman–Crippen LogP) is 0.599. The van der Waals surface area contributed by atoms with Crippen LogP contribution in [0.15, 0.2) is 11.4 Å². The molecule has 0 aromatic heterocycles. The molecule has 1 N–H and O–H groups in total. The van der Waals surface area contributed by atoms with Crippen molar-refractivity contribution in [1.82, 2.24) is 0 Å². The Hall–Kier alpha value is -0.930. The summed E-state index contributed by atoms with van der Waals surface area (Å²) in [5.74, 6) is 0.0536. The maximum absolute atomic E-state index is 10.8. The van der Waals surface area contributed by atoms with Crippen LogP contribution in [0.25, 0.3) is 0 Å². The molecule has 0 saturated carbocycles. The second-order valence-electron chi connectivity index (χ2n) is 1.96. The van der Waals surface area contributed by atoms with Crippen molar-refractivity contribution < 1.29 is 23.8 Å². The first-order valence-corrected chi connectivity index (χ1v) is 4.42. The Morgan fingerprint density at radius 1 is 1.58 bits per heavy atom. The van der Waals surface area contributed by atoms with Gasteiger partial charge in [0, 0.05) is 11.4 Å². The van der Waals surface area contributed by atoms with E-state index >= 15 is 0 Å². The second kappa shape index (κ2) is 5.69. The molecular weight excluding hydrogens is 183 g/mol. The molecule has 0 fully saturated rings. The van der Waals surface area contributed by atoms with Crippen LogP contribution < -0.4 is 0 Å². The van der Waals surface area contributed by atoms with Gasteiger partial charge in [-0.2, -0.15) is 0 Å². The Labute approximate surface area is 69.9 Å². The highest BCUT2D eigenvalue weighted by Gasteiger charge is 2.05. The fourth-order valence-electron chi connectivity index (χ4n) is 0.463. The molecule has 0 amide bonds. The van der Waals surface area contributed by atoms with Gasteiger partial charge in [0.1, 0.15) is 6.61 Å². The van der Waals surface area contributed by atoms with Gasteiger partial charge < -0.3 is 9.84 Å². The number of ether oxygens (including phenoxy) is 1. The minimum absolute atomic E-state index is 0.000406. The molecule has 0 aliphatic rings. The first-order chi connectivity index (χ1) is 5.57. The number of carbonyl (C=O) groups is 1. The zero-order valence-electron chi connectivity index (χ0n) is 6.52. The first-order valence-electron chi connectivity index (χ1n) is 3.18. The summed E-state index contributed by atoms with van der Waals surface area (Å²) < 4.78 is 24.6. The third-order valence-electron chi connectivity index (χ3n) is 0.945. The molecule has 0 atom stereocenters. The molecule has 0 saturated heterocycles. The first kappa shape index (κ1) is 11.1. The van der Waals surface area contributed by atoms with E-state index in [4.69, 9.17) is 5.11 Å². The van der Waals surface area contributed by atoms with Crippen LogP contribution >= 0.6 is 7.68 Å². The molecule has 0 unspecified atom stereocenters. The largest absolute Gasteiger partial charge is 0.460 e. The maximum atomic E-state index is 10.8. The number of hydrogen-bond acceptors (Lipinski definition) is 5. The summed E-state index contributed by atoms with van der Waals surface area (Å²) >= 11 is 0. The van der Waals surface area contributed by atoms with Gasteiger partial charge in [-0.25, -0.2) is 13.9 Å². The number of aliphatic hydroxyl groups is 1. The molecule has 5 nitrogen and oxygen atoms in total. The molecule has 0 rings (SSSR count). The molecule has 0 aliphatic heterocycles. The van der Waals surface area contributed by atoms with Crippen molar-refractivity contribution >= 4 is 13.6 Å². The third kappa shape index (κ3) is 4.82. The third-order valence-corrected chi connectivity index (χ3v) is 1.54. The SMILES string of the molecule is CC(=CP(=O)=O)C(=O)OCCO. The van der Waals surface area contributed by atoms with Gasteiger partial charge in [-0.05, 0) is 6.92 Å². The van der Waals surface area contributed by atoms with E-state index in [9.17, 15) is 13.9 Å². The summed E-state index contributed by atoms with van der Waals surface area (Å²) in [6, 6.07) is 0. The van der Waals surface area contributed by atoms with E-state index in [-0.39, 0.29) is 18.8 Å². The van der Waals surface area contributed by atoms with Crippen molar-refractivity contribution in [3.05, 3.63) is 11.4 Å². The minimum atomic E-state index is -2.71. The highest BCUT2D eigenvalue weighted by atomic mass is 31.1. The quantitative estimate of drug-likeness (QED) is 0.400. The molecule has 68 valence electrons. The molecule has 0 aromatic carbocycles. The lowest BCUT2D eigenvalue weighted by atomic mass is 10.4. The van der Waals surface area contributed by atoms with Crippen LogP contribution in [-0.2, 0) is 18.7 Å². The van der Waals surface area contributed by atoms with Gasteiger partial charge in [0.05, 0.1) is 6.61 Å². The molecule has 0 spiro atoms. The fourth-order valence-corrected chi connectivity index (χ4v) is 0.885. The molecule has 0 aromatic rings. The van der Waals surface area contributed by atoms with E-state index in [1.807, 2.05) is 0 Å². The molecule has 0 heterocycles. The van der Waals surface area contributed by atoms with Crippen LogP contribution in [0.2, 0.25) is 0 Å². The van der Waals surface area contributed by atoms with Crippen LogP contribution in [0.3, 0.4) is 0 Å². The van der Waals surface area contributed by atoms with Gasteiger partial charge in [0.25, 0.3) is 0 Å². The van der Waals surface area contributed by atoms with Crippen LogP contribution in [0, 0.1) is 0 Å². The van der Waals surface area contributed by atoms with Crippen molar-refractivity contribution in [2.45, 2.75) is 6.92 Å². The lowest BCUT2D eigenvalue weighted by Gasteiger charge is -1.99. The Balaban J connectivity index is 4.10. The normalized spacial score (nSPS) is 11.0. The Kier molecular flexibility index (Phi) is 5.25. The molecular formula is C6H9O5P. The summed E-state index contributed by atoms with van der Waals surface area (Å²) in [6.45, 7) is 0.924. The van der Waals surface area contributed by atoms with Crippen molar-refractivity contribution in [3.63, 3.8) is 0 Å². The molecule has 0 bridgehead atoms. The zero-order valence-corrected chi connectivity index (χ0v) is 7.41. The Morgan fingerprint density at radius 2 is 2.17 bits per heavy atom. The van der Waals surface area contributed by atoms with E-state index < -0.39 is 13.6 Å². The van der Waals surface area contributed by atoms with Gasteiger partial charge in [-0.1, -0.05) is 0 Å². The van der Waals surface area contributed by atoms with Gasteiger partial charge >= 0.3 is 13.6 Å². The van der Waals surface area contributed by atoms with Crippen LogP contribution in [0.4, 0.5) is 0 Å². The highest BCUT2D eigenvalue weighted by molar-refractivity contribution is 7.34. The molecule has 6 heteroatoms. The predicted molar refractivity (Wildman–Crippen MR) is 40.1 cm³/mol. The molecule has 0 aliphatic carbocycles. The van der Waals surface area contributed by atoms with Crippen LogP contribution in [0.1, 0.15) is 6.92 Å². The van der Waals surface area contributed by atoms with Crippen molar-refractivity contribution in [3.8, 4) is 0 Å². The molecule has 12 heavy (non-hydrogen) atoms. The average Bonchev–Trinajstić information content (AvgIpc) is 1.98. The van der Waals surface area contributed by atoms with Crippen molar-refractivity contribution in [2.24, 2.45) is 0 Å². The van der Waals surface area contributed by atoms with E-state index in [0.29, 0.717) is 0 Å². The summed E-state index contributed by atoms with van der Waals surface area (Å²) in [5.41, 5.74) is -0.000406. The lowest BCUT2D eigenvalue weighted by Crippen LogP contribution is -2.08. The smallest absolute Gasteiger partial charge is 0.341 e. The van der Waals surface area contributed by atoms with E-state index in [2.05, 4.69) is 4.74 Å². The van der Waals surface area contributed by atoms with Crippen molar-refractivity contribution in [1.29, 1.82) is 0 Å². The summed E-state index contributed by atoms with van der Waals surface area (Å²) in [5, 5.41) is 8.26. The Bertz CT molecular complexity index is 245. The Morgan fingerprint density at radius 3 is 2.58 bits per heavy atom. The number of aliphatic hydroxyl groups excluding tert-OH is 1. The zero-order chi connectivity index (χ0) is 9.56. The topological polar surface area (TPSA) is 80.7 Å². The fraction of sp³-hybridized carbons (Fsp3) is 0.500. The van der Waals surface area contributed by atoms with Crippen LogP contribution in [0.5, 0.6) is 0 Å². The minimum Gasteiger partial charge on any atom is -0.460 e. The van der Waals surface area contributed by atoms with Crippen LogP contribution in [-0.4, -0.2) is 24.3 Å². The van der Waals surface area contributed by atoms with Gasteiger partial charge in [-0.3, -0.25) is 0 Å². The lowest BCUT2D eigenvalue weighted by molar-refractivity contribution is -0.139. The number of esters is 1. The summed E-state index contributed by atoms with van der Waals surface area (Å²) in [6.07, 6.45) is 0. The van der Waals surface area contributed by atoms with E-state index in [0.717, 1.165) is 5.82 Å². The monoisotopic (exact) mass is 192 g/mol. The highest BCUT2D eigenvalue weighted by Crippen LogP contribution is 2.10. The standard InChI is InChI=1S/C6H9O5P/c1-5(4-12(9)10)6(8)11-3-2-7/h4,7H,2-3H2,1H3. The second-order valence-corrected chi connectivity index (χ2v) is 2.79. The van der Waals surface area contributed by atoms with Crippen molar-refractivity contribution in [2.75, 3.05) is 13.2 Å². The summed E-state index contributed by atoms with van der Waals surface area (Å²) in [4.78, 5) is 10.8. The number of rotatable bonds is 4. The number of carbonyl (C=O) groups excluding carboxylic acids is 1. The average molecular weight is 192 g/mol. The molecule has 0 radical (unpaired) electrons. The maximum Gasteiger partial charge on any atom is 0.341 e. The van der Waals surface area contributed by atoms with Gasteiger partial charge in [-0.15, -0.1) is 0 Å². The van der Waals surface area contributed by atoms with E-state index in [1.165, 1.54) is 6.92 Å². The summed E-state index contributed by atoms with van der Waals surface area (Å²) in [7, 11) is -2.71.